The molecule has 2 rings (SSSR count). The summed E-state index contributed by atoms with van der Waals surface area (Å²) in [5.41, 5.74) is 4.43. The van der Waals surface area contributed by atoms with Crippen molar-refractivity contribution in [3.05, 3.63) is 35.8 Å². The quantitative estimate of drug-likeness (QED) is 0.770. The average Bonchev–Trinajstić information content (AvgIpc) is 2.60. The lowest BCUT2D eigenvalue weighted by atomic mass is 10.1. The molecule has 0 amide bonds. The molecular formula is C13H17N3. The van der Waals surface area contributed by atoms with Crippen LogP contribution in [0.2, 0.25) is 0 Å². The highest BCUT2D eigenvalue weighted by Gasteiger charge is 2.10. The molecule has 3 nitrogen and oxygen atoms in total. The maximum Gasteiger partial charge on any atom is 0.0689 e. The topological polar surface area (TPSA) is 30.7 Å². The molecule has 84 valence electrons. The van der Waals surface area contributed by atoms with Gasteiger partial charge in [-0.05, 0) is 45.9 Å². The Morgan fingerprint density at radius 1 is 1.12 bits per heavy atom. The summed E-state index contributed by atoms with van der Waals surface area (Å²) < 4.78 is 2.06. The van der Waals surface area contributed by atoms with Crippen molar-refractivity contribution in [2.24, 2.45) is 0 Å². The van der Waals surface area contributed by atoms with E-state index in [2.05, 4.69) is 40.7 Å². The Kier molecular flexibility index (Phi) is 2.77. The maximum atomic E-state index is 4.51. The van der Waals surface area contributed by atoms with Gasteiger partial charge in [0.05, 0.1) is 11.4 Å². The summed E-state index contributed by atoms with van der Waals surface area (Å²) in [4.78, 5) is 4.22. The lowest BCUT2D eigenvalue weighted by Crippen LogP contribution is -2.05. The van der Waals surface area contributed by atoms with Gasteiger partial charge in [0.25, 0.3) is 0 Å². The van der Waals surface area contributed by atoms with E-state index >= 15 is 0 Å². The van der Waals surface area contributed by atoms with Crippen LogP contribution in [0.4, 0.5) is 0 Å². The molecule has 0 bridgehead atoms. The van der Waals surface area contributed by atoms with Crippen LogP contribution in [-0.4, -0.2) is 14.8 Å². The van der Waals surface area contributed by atoms with Gasteiger partial charge in [0.2, 0.25) is 0 Å². The summed E-state index contributed by atoms with van der Waals surface area (Å²) in [6.45, 7) is 8.32. The van der Waals surface area contributed by atoms with Crippen molar-refractivity contribution in [3.63, 3.8) is 0 Å². The van der Waals surface area contributed by atoms with E-state index in [9.17, 15) is 0 Å². The van der Waals surface area contributed by atoms with Crippen LogP contribution >= 0.6 is 0 Å². The van der Waals surface area contributed by atoms with Gasteiger partial charge in [-0.2, -0.15) is 5.10 Å². The fraction of sp³-hybridized carbons (Fsp3) is 0.385. The van der Waals surface area contributed by atoms with Gasteiger partial charge in [0.1, 0.15) is 0 Å². The maximum absolute atomic E-state index is 4.51. The third-order valence-electron chi connectivity index (χ3n) is 2.54. The minimum absolute atomic E-state index is 0.372. The number of aryl methyl sites for hydroxylation is 2. The molecule has 2 aromatic rings. The van der Waals surface area contributed by atoms with E-state index in [0.29, 0.717) is 6.04 Å². The standard InChI is InChI=1S/C13H17N3/c1-9(2)16-13(8-11(4)15-16)12-5-6-14-10(3)7-12/h5-9H,1-4H3. The van der Waals surface area contributed by atoms with Crippen LogP contribution in [0.15, 0.2) is 24.4 Å². The lowest BCUT2D eigenvalue weighted by molar-refractivity contribution is 0.535. The number of pyridine rings is 1. The zero-order valence-corrected chi connectivity index (χ0v) is 10.2. The molecule has 0 fully saturated rings. The molecule has 2 heterocycles. The Morgan fingerprint density at radius 3 is 2.50 bits per heavy atom. The fourth-order valence-electron chi connectivity index (χ4n) is 1.83. The third kappa shape index (κ3) is 1.98. The first kappa shape index (κ1) is 10.9. The van der Waals surface area contributed by atoms with E-state index in [0.717, 1.165) is 17.1 Å². The van der Waals surface area contributed by atoms with Crippen LogP contribution in [0.25, 0.3) is 11.3 Å². The second kappa shape index (κ2) is 4.08. The first-order valence-electron chi connectivity index (χ1n) is 5.57. The van der Waals surface area contributed by atoms with Crippen molar-refractivity contribution >= 4 is 0 Å². The third-order valence-corrected chi connectivity index (χ3v) is 2.54. The van der Waals surface area contributed by atoms with Crippen molar-refractivity contribution in [1.82, 2.24) is 14.8 Å². The number of hydrogen-bond donors (Lipinski definition) is 0. The molecule has 0 N–H and O–H groups in total. The van der Waals surface area contributed by atoms with Gasteiger partial charge in [-0.1, -0.05) is 0 Å². The van der Waals surface area contributed by atoms with Crippen molar-refractivity contribution in [3.8, 4) is 11.3 Å². The van der Waals surface area contributed by atoms with Gasteiger partial charge in [0.15, 0.2) is 0 Å². The minimum Gasteiger partial charge on any atom is -0.262 e. The van der Waals surface area contributed by atoms with Gasteiger partial charge in [-0.3, -0.25) is 9.67 Å². The van der Waals surface area contributed by atoms with Gasteiger partial charge in [-0.15, -0.1) is 0 Å². The molecule has 3 heteroatoms. The Labute approximate surface area is 96.1 Å². The Morgan fingerprint density at radius 2 is 1.88 bits per heavy atom. The molecule has 0 aromatic carbocycles. The summed E-state index contributed by atoms with van der Waals surface area (Å²) in [6, 6.07) is 6.61. The van der Waals surface area contributed by atoms with Crippen LogP contribution in [0.1, 0.15) is 31.3 Å². The molecule has 0 saturated heterocycles. The van der Waals surface area contributed by atoms with Gasteiger partial charge < -0.3 is 0 Å². The molecule has 0 saturated carbocycles. The number of aromatic nitrogens is 3. The van der Waals surface area contributed by atoms with E-state index in [1.165, 1.54) is 5.56 Å². The molecule has 16 heavy (non-hydrogen) atoms. The number of nitrogens with zero attached hydrogens (tertiary/aromatic N) is 3. The molecular weight excluding hydrogens is 198 g/mol. The Hall–Kier alpha value is -1.64. The minimum atomic E-state index is 0.372. The molecule has 0 unspecified atom stereocenters. The molecule has 0 aliphatic rings. The summed E-state index contributed by atoms with van der Waals surface area (Å²) in [5.74, 6) is 0. The van der Waals surface area contributed by atoms with Crippen molar-refractivity contribution < 1.29 is 0 Å². The number of hydrogen-bond acceptors (Lipinski definition) is 2. The first-order valence-corrected chi connectivity index (χ1v) is 5.57. The van der Waals surface area contributed by atoms with E-state index in [4.69, 9.17) is 0 Å². The molecule has 0 spiro atoms. The highest BCUT2D eigenvalue weighted by atomic mass is 15.3. The average molecular weight is 215 g/mol. The van der Waals surface area contributed by atoms with Crippen molar-refractivity contribution in [2.75, 3.05) is 0 Å². The normalized spacial score (nSPS) is 11.1. The second-order valence-electron chi connectivity index (χ2n) is 4.40. The predicted octanol–water partition coefficient (Wildman–Crippen LogP) is 3.14. The summed E-state index contributed by atoms with van der Waals surface area (Å²) in [6.07, 6.45) is 1.84. The Balaban J connectivity index is 2.55. The van der Waals surface area contributed by atoms with Crippen molar-refractivity contribution in [1.29, 1.82) is 0 Å². The van der Waals surface area contributed by atoms with Crippen LogP contribution in [-0.2, 0) is 0 Å². The summed E-state index contributed by atoms with van der Waals surface area (Å²) in [7, 11) is 0. The molecule has 0 aliphatic carbocycles. The molecule has 2 aromatic heterocycles. The van der Waals surface area contributed by atoms with Gasteiger partial charge in [-0.25, -0.2) is 0 Å². The van der Waals surface area contributed by atoms with Gasteiger partial charge >= 0.3 is 0 Å². The SMILES string of the molecule is Cc1cc(-c2cc(C)nn2C(C)C)ccn1. The molecule has 0 radical (unpaired) electrons. The second-order valence-corrected chi connectivity index (χ2v) is 4.40. The zero-order chi connectivity index (χ0) is 11.7. The van der Waals surface area contributed by atoms with Crippen molar-refractivity contribution in [2.45, 2.75) is 33.7 Å². The lowest BCUT2D eigenvalue weighted by Gasteiger charge is -2.11. The first-order chi connectivity index (χ1) is 7.58. The van der Waals surface area contributed by atoms with Crippen LogP contribution < -0.4 is 0 Å². The van der Waals surface area contributed by atoms with Gasteiger partial charge in [0, 0.05) is 23.5 Å². The zero-order valence-electron chi connectivity index (χ0n) is 10.2. The highest BCUT2D eigenvalue weighted by molar-refractivity contribution is 5.60. The highest BCUT2D eigenvalue weighted by Crippen LogP contribution is 2.23. The van der Waals surface area contributed by atoms with Crippen LogP contribution in [0.3, 0.4) is 0 Å². The number of rotatable bonds is 2. The van der Waals surface area contributed by atoms with E-state index in [-0.39, 0.29) is 0 Å². The fourth-order valence-corrected chi connectivity index (χ4v) is 1.83. The summed E-state index contributed by atoms with van der Waals surface area (Å²) >= 11 is 0. The van der Waals surface area contributed by atoms with Crippen LogP contribution in [0, 0.1) is 13.8 Å². The predicted molar refractivity (Wildman–Crippen MR) is 65.3 cm³/mol. The molecule has 0 aliphatic heterocycles. The van der Waals surface area contributed by atoms with E-state index < -0.39 is 0 Å². The molecule has 0 atom stereocenters. The monoisotopic (exact) mass is 215 g/mol. The summed E-state index contributed by atoms with van der Waals surface area (Å²) in [5, 5.41) is 4.51. The smallest absolute Gasteiger partial charge is 0.0689 e. The van der Waals surface area contributed by atoms with Crippen LogP contribution in [0.5, 0.6) is 0 Å². The largest absolute Gasteiger partial charge is 0.262 e. The Bertz CT molecular complexity index is 498. The van der Waals surface area contributed by atoms with E-state index in [1.54, 1.807) is 0 Å². The van der Waals surface area contributed by atoms with E-state index in [1.807, 2.05) is 26.1 Å².